The fourth-order valence-corrected chi connectivity index (χ4v) is 3.81. The van der Waals surface area contributed by atoms with E-state index in [2.05, 4.69) is 0 Å². The third kappa shape index (κ3) is 9.68. The minimum atomic E-state index is -1.08. The lowest BCUT2D eigenvalue weighted by Gasteiger charge is -2.17. The molecule has 0 aliphatic rings. The van der Waals surface area contributed by atoms with Crippen molar-refractivity contribution in [1.29, 1.82) is 0 Å². The van der Waals surface area contributed by atoms with Gasteiger partial charge >= 0.3 is 23.9 Å². The van der Waals surface area contributed by atoms with Crippen molar-refractivity contribution >= 4 is 23.9 Å². The van der Waals surface area contributed by atoms with Crippen molar-refractivity contribution in [2.75, 3.05) is 28.4 Å². The number of rotatable bonds is 17. The molecule has 0 fully saturated rings. The highest BCUT2D eigenvalue weighted by atomic mass is 16.5. The molecule has 40 heavy (non-hydrogen) atoms. The highest BCUT2D eigenvalue weighted by Gasteiger charge is 2.17. The van der Waals surface area contributed by atoms with E-state index in [1.54, 1.807) is 24.3 Å². The first-order valence-corrected chi connectivity index (χ1v) is 12.3. The monoisotopic (exact) mass is 562 g/mol. The van der Waals surface area contributed by atoms with E-state index in [-0.39, 0.29) is 38.9 Å². The Morgan fingerprint density at radius 1 is 0.525 bits per heavy atom. The molecule has 2 aromatic rings. The number of aryl methyl sites for hydroxylation is 2. The maximum atomic E-state index is 11.8. The van der Waals surface area contributed by atoms with Gasteiger partial charge < -0.3 is 38.6 Å². The van der Waals surface area contributed by atoms with Crippen LogP contribution in [0.4, 0.5) is 0 Å². The highest BCUT2D eigenvalue weighted by molar-refractivity contribution is 5.77. The van der Waals surface area contributed by atoms with Crippen LogP contribution < -0.4 is 18.9 Å². The van der Waals surface area contributed by atoms with Gasteiger partial charge in [-0.1, -0.05) is 0 Å². The first-order chi connectivity index (χ1) is 19.1. The Morgan fingerprint density at radius 2 is 0.825 bits per heavy atom. The van der Waals surface area contributed by atoms with E-state index < -0.39 is 23.9 Å². The molecule has 0 aromatic heterocycles. The Morgan fingerprint density at radius 3 is 1.12 bits per heavy atom. The summed E-state index contributed by atoms with van der Waals surface area (Å²) in [4.78, 5) is 45.0. The lowest BCUT2D eigenvalue weighted by atomic mass is 9.99. The molecule has 12 heteroatoms. The fraction of sp³-hybridized carbons (Fsp3) is 0.429. The van der Waals surface area contributed by atoms with Gasteiger partial charge in [0.15, 0.2) is 0 Å². The first kappa shape index (κ1) is 31.7. The molecule has 0 atom stereocenters. The molecule has 0 amide bonds. The molecule has 0 heterocycles. The van der Waals surface area contributed by atoms with Crippen LogP contribution in [0.2, 0.25) is 0 Å². The predicted octanol–water partition coefficient (Wildman–Crippen LogP) is 3.32. The molecule has 2 aromatic carbocycles. The van der Waals surface area contributed by atoms with Crippen LogP contribution >= 0.6 is 0 Å². The van der Waals surface area contributed by atoms with E-state index in [1.165, 1.54) is 28.4 Å². The molecular weight excluding hydrogens is 528 g/mol. The summed E-state index contributed by atoms with van der Waals surface area (Å²) in [5, 5.41) is 17.4. The SMILES string of the molecule is COc1cc(COC(=O)CCC(=O)O)c(OC)cc1CCc1cc(OC)c(COC(=O)CCC(=O)O)cc1OC. The van der Waals surface area contributed by atoms with Crippen LogP contribution in [0.5, 0.6) is 23.0 Å². The number of carboxylic acid groups (broad SMARTS) is 2. The zero-order valence-electron chi connectivity index (χ0n) is 22.9. The molecule has 218 valence electrons. The van der Waals surface area contributed by atoms with E-state index in [1.807, 2.05) is 0 Å². The Bertz CT molecular complexity index is 1110. The predicted molar refractivity (Wildman–Crippen MR) is 140 cm³/mol. The zero-order valence-corrected chi connectivity index (χ0v) is 22.9. The standard InChI is InChI=1S/C28H34O12/c1-35-21-13-19(15-39-27(33)9-7-25(29)30)23(37-3)11-17(21)5-6-18-12-24(38-4)20(14-22(18)36-2)16-40-28(34)10-8-26(31)32/h11-14H,5-10,15-16H2,1-4H3,(H,29,30)(H,31,32). The molecule has 0 aliphatic heterocycles. The van der Waals surface area contributed by atoms with Crippen molar-refractivity contribution in [2.45, 2.75) is 51.7 Å². The molecule has 0 spiro atoms. The van der Waals surface area contributed by atoms with Crippen LogP contribution in [0.25, 0.3) is 0 Å². The summed E-state index contributed by atoms with van der Waals surface area (Å²) in [6.07, 6.45) is -0.0620. The number of esters is 2. The van der Waals surface area contributed by atoms with Crippen molar-refractivity contribution in [1.82, 2.24) is 0 Å². The van der Waals surface area contributed by atoms with Gasteiger partial charge in [-0.25, -0.2) is 0 Å². The second-order valence-corrected chi connectivity index (χ2v) is 8.56. The second-order valence-electron chi connectivity index (χ2n) is 8.56. The highest BCUT2D eigenvalue weighted by Crippen LogP contribution is 2.34. The van der Waals surface area contributed by atoms with Crippen LogP contribution in [0.15, 0.2) is 24.3 Å². The number of ether oxygens (including phenoxy) is 6. The van der Waals surface area contributed by atoms with Crippen molar-refractivity contribution in [3.05, 3.63) is 46.5 Å². The van der Waals surface area contributed by atoms with Crippen LogP contribution in [-0.2, 0) is 54.7 Å². The molecule has 0 unspecified atom stereocenters. The number of methoxy groups -OCH3 is 4. The Balaban J connectivity index is 2.17. The summed E-state index contributed by atoms with van der Waals surface area (Å²) in [7, 11) is 6.01. The van der Waals surface area contributed by atoms with Crippen molar-refractivity contribution in [3.63, 3.8) is 0 Å². The van der Waals surface area contributed by atoms with Crippen LogP contribution in [0.3, 0.4) is 0 Å². The molecule has 0 aliphatic carbocycles. The number of carbonyl (C=O) groups is 4. The van der Waals surface area contributed by atoms with Gasteiger partial charge in [-0.2, -0.15) is 0 Å². The van der Waals surface area contributed by atoms with Gasteiger partial charge in [0.1, 0.15) is 36.2 Å². The van der Waals surface area contributed by atoms with E-state index >= 15 is 0 Å². The van der Waals surface area contributed by atoms with Gasteiger partial charge in [-0.15, -0.1) is 0 Å². The molecular formula is C28H34O12. The fourth-order valence-electron chi connectivity index (χ4n) is 3.81. The van der Waals surface area contributed by atoms with Gasteiger partial charge in [0.05, 0.1) is 54.1 Å². The number of hydrogen-bond donors (Lipinski definition) is 2. The Hall–Kier alpha value is -4.48. The summed E-state index contributed by atoms with van der Waals surface area (Å²) < 4.78 is 32.5. The Labute approximate surface area is 231 Å². The lowest BCUT2D eigenvalue weighted by molar-refractivity contribution is -0.148. The minimum absolute atomic E-state index is 0.106. The molecule has 2 rings (SSSR count). The molecule has 0 radical (unpaired) electrons. The number of carbonyl (C=O) groups excluding carboxylic acids is 2. The molecule has 0 saturated heterocycles. The number of aliphatic carboxylic acids is 2. The van der Waals surface area contributed by atoms with E-state index in [0.29, 0.717) is 47.0 Å². The smallest absolute Gasteiger partial charge is 0.306 e. The summed E-state index contributed by atoms with van der Waals surface area (Å²) in [6.45, 7) is -0.211. The van der Waals surface area contributed by atoms with Crippen LogP contribution in [0.1, 0.15) is 47.9 Å². The van der Waals surface area contributed by atoms with Crippen molar-refractivity contribution in [2.24, 2.45) is 0 Å². The molecule has 0 saturated carbocycles. The Kier molecular flexibility index (Phi) is 12.5. The largest absolute Gasteiger partial charge is 0.496 e. The third-order valence-electron chi connectivity index (χ3n) is 5.89. The number of hydrogen-bond acceptors (Lipinski definition) is 10. The van der Waals surface area contributed by atoms with Gasteiger partial charge in [0.25, 0.3) is 0 Å². The number of carboxylic acids is 2. The van der Waals surface area contributed by atoms with Gasteiger partial charge in [0.2, 0.25) is 0 Å². The van der Waals surface area contributed by atoms with E-state index in [4.69, 9.17) is 38.6 Å². The topological polar surface area (TPSA) is 164 Å². The van der Waals surface area contributed by atoms with Crippen molar-refractivity contribution in [3.8, 4) is 23.0 Å². The maximum absolute atomic E-state index is 11.8. The average molecular weight is 563 g/mol. The quantitative estimate of drug-likeness (QED) is 0.271. The summed E-state index contributed by atoms with van der Waals surface area (Å²) >= 11 is 0. The van der Waals surface area contributed by atoms with Gasteiger partial charge in [0, 0.05) is 11.1 Å². The summed E-state index contributed by atoms with van der Waals surface area (Å²) in [6, 6.07) is 6.98. The van der Waals surface area contributed by atoms with Crippen LogP contribution in [-0.4, -0.2) is 62.5 Å². The van der Waals surface area contributed by atoms with Gasteiger partial charge in [-0.3, -0.25) is 19.2 Å². The third-order valence-corrected chi connectivity index (χ3v) is 5.89. The van der Waals surface area contributed by atoms with E-state index in [9.17, 15) is 19.2 Å². The average Bonchev–Trinajstić information content (AvgIpc) is 2.95. The second kappa shape index (κ2) is 15.8. The summed E-state index contributed by atoms with van der Waals surface area (Å²) in [5.74, 6) is -1.37. The molecule has 2 N–H and O–H groups in total. The van der Waals surface area contributed by atoms with Crippen molar-refractivity contribution < 1.29 is 57.8 Å². The van der Waals surface area contributed by atoms with Crippen LogP contribution in [0, 0.1) is 0 Å². The molecule has 12 nitrogen and oxygen atoms in total. The van der Waals surface area contributed by atoms with Gasteiger partial charge in [-0.05, 0) is 48.2 Å². The summed E-state index contributed by atoms with van der Waals surface area (Å²) in [5.41, 5.74) is 2.76. The van der Waals surface area contributed by atoms with E-state index in [0.717, 1.165) is 11.1 Å². The normalized spacial score (nSPS) is 10.4. The first-order valence-electron chi connectivity index (χ1n) is 12.3. The maximum Gasteiger partial charge on any atom is 0.306 e. The zero-order chi connectivity index (χ0) is 29.7. The molecule has 0 bridgehead atoms. The number of benzene rings is 2. The minimum Gasteiger partial charge on any atom is -0.496 e. The lowest BCUT2D eigenvalue weighted by Crippen LogP contribution is -2.09.